The van der Waals surface area contributed by atoms with E-state index >= 15 is 0 Å². The SMILES string of the molecule is Cc1ccc(S(=O)(=O)Oc2ccc(/C=C(/C#N)C(=O)Nc3ccc(Br)cc3)cc2Br)cc1. The van der Waals surface area contributed by atoms with Crippen molar-refractivity contribution in [2.24, 2.45) is 0 Å². The minimum absolute atomic E-state index is 0.0374. The van der Waals surface area contributed by atoms with E-state index in [0.717, 1.165) is 10.0 Å². The minimum atomic E-state index is -4.01. The van der Waals surface area contributed by atoms with Crippen molar-refractivity contribution in [3.8, 4) is 11.8 Å². The summed E-state index contributed by atoms with van der Waals surface area (Å²) in [4.78, 5) is 12.5. The van der Waals surface area contributed by atoms with Crippen molar-refractivity contribution in [1.82, 2.24) is 0 Å². The summed E-state index contributed by atoms with van der Waals surface area (Å²) >= 11 is 6.60. The lowest BCUT2D eigenvalue weighted by Gasteiger charge is -2.10. The van der Waals surface area contributed by atoms with Gasteiger partial charge in [0.2, 0.25) is 0 Å². The second kappa shape index (κ2) is 10.1. The van der Waals surface area contributed by atoms with Crippen LogP contribution < -0.4 is 9.50 Å². The van der Waals surface area contributed by atoms with Crippen LogP contribution in [0.4, 0.5) is 5.69 Å². The van der Waals surface area contributed by atoms with Gasteiger partial charge in [-0.15, -0.1) is 0 Å². The second-order valence-electron chi connectivity index (χ2n) is 6.67. The lowest BCUT2D eigenvalue weighted by Crippen LogP contribution is -2.13. The number of carbonyl (C=O) groups is 1. The number of hydrogen-bond acceptors (Lipinski definition) is 5. The highest BCUT2D eigenvalue weighted by Gasteiger charge is 2.18. The van der Waals surface area contributed by atoms with Gasteiger partial charge in [-0.1, -0.05) is 39.7 Å². The van der Waals surface area contributed by atoms with Crippen LogP contribution in [0.1, 0.15) is 11.1 Å². The van der Waals surface area contributed by atoms with E-state index in [1.165, 1.54) is 24.3 Å². The van der Waals surface area contributed by atoms with E-state index < -0.39 is 16.0 Å². The fraction of sp³-hybridized carbons (Fsp3) is 0.0435. The van der Waals surface area contributed by atoms with Gasteiger partial charge in [0, 0.05) is 10.2 Å². The highest BCUT2D eigenvalue weighted by atomic mass is 79.9. The number of nitrogens with zero attached hydrogens (tertiary/aromatic N) is 1. The highest BCUT2D eigenvalue weighted by molar-refractivity contribution is 9.10. The predicted molar refractivity (Wildman–Crippen MR) is 129 cm³/mol. The molecule has 0 aromatic heterocycles. The van der Waals surface area contributed by atoms with Gasteiger partial charge in [-0.05, 0) is 83.0 Å². The molecule has 3 aromatic carbocycles. The Morgan fingerprint density at radius 1 is 1.03 bits per heavy atom. The number of rotatable bonds is 6. The maximum Gasteiger partial charge on any atom is 0.339 e. The van der Waals surface area contributed by atoms with Gasteiger partial charge in [-0.2, -0.15) is 13.7 Å². The lowest BCUT2D eigenvalue weighted by molar-refractivity contribution is -0.112. The molecular formula is C23H16Br2N2O4S. The average molecular weight is 576 g/mol. The summed E-state index contributed by atoms with van der Waals surface area (Å²) in [5.74, 6) is -0.478. The molecule has 1 amide bonds. The number of nitrogens with one attached hydrogen (secondary N) is 1. The monoisotopic (exact) mass is 574 g/mol. The molecule has 0 aliphatic heterocycles. The number of nitriles is 1. The summed E-state index contributed by atoms with van der Waals surface area (Å²) in [6, 6.07) is 19.7. The first-order valence-electron chi connectivity index (χ1n) is 9.17. The molecule has 0 fully saturated rings. The van der Waals surface area contributed by atoms with E-state index in [0.29, 0.717) is 15.7 Å². The molecule has 3 aromatic rings. The van der Waals surface area contributed by atoms with E-state index in [9.17, 15) is 18.5 Å². The van der Waals surface area contributed by atoms with Crippen LogP contribution >= 0.6 is 31.9 Å². The van der Waals surface area contributed by atoms with Crippen LogP contribution in [0.3, 0.4) is 0 Å². The van der Waals surface area contributed by atoms with Crippen LogP contribution in [-0.2, 0) is 14.9 Å². The Kier molecular flexibility index (Phi) is 7.51. The average Bonchev–Trinajstić information content (AvgIpc) is 2.75. The molecule has 0 spiro atoms. The zero-order valence-corrected chi connectivity index (χ0v) is 20.7. The number of aryl methyl sites for hydroxylation is 1. The Morgan fingerprint density at radius 2 is 1.69 bits per heavy atom. The third kappa shape index (κ3) is 6.07. The zero-order chi connectivity index (χ0) is 23.3. The molecule has 0 atom stereocenters. The van der Waals surface area contributed by atoms with Crippen molar-refractivity contribution in [2.75, 3.05) is 5.32 Å². The van der Waals surface area contributed by atoms with Gasteiger partial charge < -0.3 is 9.50 Å². The molecule has 0 unspecified atom stereocenters. The molecule has 162 valence electrons. The van der Waals surface area contributed by atoms with E-state index in [-0.39, 0.29) is 16.2 Å². The van der Waals surface area contributed by atoms with Crippen molar-refractivity contribution in [3.05, 3.63) is 92.4 Å². The van der Waals surface area contributed by atoms with Crippen LogP contribution in [0.2, 0.25) is 0 Å². The van der Waals surface area contributed by atoms with Crippen LogP contribution in [0, 0.1) is 18.3 Å². The topological polar surface area (TPSA) is 96.3 Å². The van der Waals surface area contributed by atoms with Crippen molar-refractivity contribution < 1.29 is 17.4 Å². The smallest absolute Gasteiger partial charge is 0.339 e. The molecule has 0 heterocycles. The Labute approximate surface area is 202 Å². The van der Waals surface area contributed by atoms with Crippen molar-refractivity contribution in [1.29, 1.82) is 5.26 Å². The van der Waals surface area contributed by atoms with Crippen molar-refractivity contribution in [3.63, 3.8) is 0 Å². The lowest BCUT2D eigenvalue weighted by atomic mass is 10.1. The Hall–Kier alpha value is -2.93. The number of halogens is 2. The fourth-order valence-corrected chi connectivity index (χ4v) is 4.39. The standard InChI is InChI=1S/C23H16Br2N2O4S/c1-15-2-9-20(10-3-15)32(29,30)31-22-11-4-16(13-21(22)25)12-17(14-26)23(28)27-19-7-5-18(24)6-8-19/h2-13H,1H3,(H,27,28)/b17-12-. The summed E-state index contributed by atoms with van der Waals surface area (Å²) in [6.07, 6.45) is 1.40. The third-order valence-corrected chi connectivity index (χ3v) is 6.64. The van der Waals surface area contributed by atoms with E-state index in [1.807, 2.05) is 13.0 Å². The van der Waals surface area contributed by atoms with Crippen LogP contribution in [0.5, 0.6) is 5.75 Å². The van der Waals surface area contributed by atoms with Crippen LogP contribution in [0.25, 0.3) is 6.08 Å². The Balaban J connectivity index is 1.79. The molecule has 32 heavy (non-hydrogen) atoms. The summed E-state index contributed by atoms with van der Waals surface area (Å²) in [5.41, 5.74) is 1.88. The highest BCUT2D eigenvalue weighted by Crippen LogP contribution is 2.30. The minimum Gasteiger partial charge on any atom is -0.378 e. The molecule has 0 saturated heterocycles. The fourth-order valence-electron chi connectivity index (χ4n) is 2.59. The predicted octanol–water partition coefficient (Wildman–Crippen LogP) is 5.83. The van der Waals surface area contributed by atoms with Crippen LogP contribution in [-0.4, -0.2) is 14.3 Å². The molecule has 0 aliphatic carbocycles. The maximum absolute atomic E-state index is 12.5. The van der Waals surface area contributed by atoms with Gasteiger partial charge in [-0.25, -0.2) is 0 Å². The van der Waals surface area contributed by atoms with Gasteiger partial charge >= 0.3 is 10.1 Å². The number of amides is 1. The summed E-state index contributed by atoms with van der Waals surface area (Å²) in [6.45, 7) is 1.86. The normalized spacial score (nSPS) is 11.5. The number of hydrogen-bond donors (Lipinski definition) is 1. The van der Waals surface area contributed by atoms with Gasteiger partial charge in [0.1, 0.15) is 16.5 Å². The van der Waals surface area contributed by atoms with E-state index in [2.05, 4.69) is 37.2 Å². The molecular weight excluding hydrogens is 560 g/mol. The third-order valence-electron chi connectivity index (χ3n) is 4.24. The molecule has 0 bridgehead atoms. The zero-order valence-electron chi connectivity index (χ0n) is 16.7. The number of benzene rings is 3. The number of anilines is 1. The van der Waals surface area contributed by atoms with Crippen molar-refractivity contribution >= 4 is 59.6 Å². The van der Waals surface area contributed by atoms with E-state index in [4.69, 9.17) is 4.18 Å². The molecule has 3 rings (SSSR count). The molecule has 0 aliphatic rings. The molecule has 0 radical (unpaired) electrons. The summed E-state index contributed by atoms with van der Waals surface area (Å²) in [5, 5.41) is 12.1. The first-order valence-corrected chi connectivity index (χ1v) is 12.2. The quantitative estimate of drug-likeness (QED) is 0.226. The first-order chi connectivity index (χ1) is 15.2. The van der Waals surface area contributed by atoms with Gasteiger partial charge in [-0.3, -0.25) is 4.79 Å². The molecule has 9 heteroatoms. The summed E-state index contributed by atoms with van der Waals surface area (Å²) < 4.78 is 31.5. The number of carbonyl (C=O) groups excluding carboxylic acids is 1. The molecule has 6 nitrogen and oxygen atoms in total. The molecule has 0 saturated carbocycles. The van der Waals surface area contributed by atoms with Crippen LogP contribution in [0.15, 0.2) is 86.1 Å². The van der Waals surface area contributed by atoms with Gasteiger partial charge in [0.15, 0.2) is 5.75 Å². The maximum atomic E-state index is 12.5. The van der Waals surface area contributed by atoms with Gasteiger partial charge in [0.05, 0.1) is 4.47 Å². The molecule has 1 N–H and O–H groups in total. The largest absolute Gasteiger partial charge is 0.378 e. The van der Waals surface area contributed by atoms with E-state index in [1.54, 1.807) is 48.5 Å². The Bertz CT molecular complexity index is 1330. The van der Waals surface area contributed by atoms with Gasteiger partial charge in [0.25, 0.3) is 5.91 Å². The first kappa shape index (κ1) is 23.7. The van der Waals surface area contributed by atoms with Crippen molar-refractivity contribution in [2.45, 2.75) is 11.8 Å². The summed E-state index contributed by atoms with van der Waals surface area (Å²) in [7, 11) is -4.01. The Morgan fingerprint density at radius 3 is 2.28 bits per heavy atom. The second-order valence-corrected chi connectivity index (χ2v) is 9.99.